The van der Waals surface area contributed by atoms with Crippen LogP contribution in [0.2, 0.25) is 5.02 Å². The number of carbonyl (C=O) groups is 1. The van der Waals surface area contributed by atoms with Gasteiger partial charge in [0.25, 0.3) is 0 Å². The van der Waals surface area contributed by atoms with Crippen LogP contribution in [0.3, 0.4) is 0 Å². The summed E-state index contributed by atoms with van der Waals surface area (Å²) in [6.45, 7) is 0.186. The predicted octanol–water partition coefficient (Wildman–Crippen LogP) is 3.95. The number of hydrogen-bond donors (Lipinski definition) is 1. The van der Waals surface area contributed by atoms with Crippen LogP contribution in [0.25, 0.3) is 10.9 Å². The van der Waals surface area contributed by atoms with Crippen molar-refractivity contribution in [1.29, 1.82) is 0 Å². The lowest BCUT2D eigenvalue weighted by atomic mass is 10.2. The minimum Gasteiger partial charge on any atom is -0.497 e. The van der Waals surface area contributed by atoms with E-state index in [-0.39, 0.29) is 12.5 Å². The molecule has 0 radical (unpaired) electrons. The van der Waals surface area contributed by atoms with Crippen LogP contribution >= 0.6 is 11.6 Å². The zero-order valence-electron chi connectivity index (χ0n) is 13.4. The maximum atomic E-state index is 12.4. The monoisotopic (exact) mass is 344 g/mol. The van der Waals surface area contributed by atoms with Crippen LogP contribution < -0.4 is 14.8 Å². The first kappa shape index (κ1) is 16.2. The number of hydrogen-bond acceptors (Lipinski definition) is 3. The van der Waals surface area contributed by atoms with Gasteiger partial charge in [0, 0.05) is 22.1 Å². The highest BCUT2D eigenvalue weighted by Gasteiger charge is 2.11. The molecule has 1 aromatic heterocycles. The second-order valence-corrected chi connectivity index (χ2v) is 5.70. The number of nitrogens with zero attached hydrogens (tertiary/aromatic N) is 1. The molecular weight excluding hydrogens is 328 g/mol. The first-order valence-electron chi connectivity index (χ1n) is 7.37. The van der Waals surface area contributed by atoms with Crippen molar-refractivity contribution in [2.45, 2.75) is 6.54 Å². The van der Waals surface area contributed by atoms with E-state index in [0.717, 1.165) is 16.7 Å². The summed E-state index contributed by atoms with van der Waals surface area (Å²) < 4.78 is 12.3. The van der Waals surface area contributed by atoms with Crippen molar-refractivity contribution in [3.05, 3.63) is 53.7 Å². The van der Waals surface area contributed by atoms with Gasteiger partial charge in [0.2, 0.25) is 5.91 Å². The van der Waals surface area contributed by atoms with Crippen molar-refractivity contribution >= 4 is 34.1 Å². The largest absolute Gasteiger partial charge is 0.497 e. The van der Waals surface area contributed by atoms with Crippen LogP contribution in [0, 0.1) is 0 Å². The summed E-state index contributed by atoms with van der Waals surface area (Å²) in [5.41, 5.74) is 1.51. The molecule has 3 aromatic rings. The van der Waals surface area contributed by atoms with Gasteiger partial charge in [-0.3, -0.25) is 4.79 Å². The fraction of sp³-hybridized carbons (Fsp3) is 0.167. The lowest BCUT2D eigenvalue weighted by Gasteiger charge is -2.11. The topological polar surface area (TPSA) is 52.5 Å². The van der Waals surface area contributed by atoms with E-state index in [1.807, 2.05) is 35.0 Å². The first-order valence-corrected chi connectivity index (χ1v) is 7.75. The van der Waals surface area contributed by atoms with Crippen LogP contribution in [-0.4, -0.2) is 24.7 Å². The van der Waals surface area contributed by atoms with E-state index >= 15 is 0 Å². The second-order valence-electron chi connectivity index (χ2n) is 5.26. The number of aromatic nitrogens is 1. The van der Waals surface area contributed by atoms with E-state index in [1.54, 1.807) is 32.4 Å². The van der Waals surface area contributed by atoms with Gasteiger partial charge in [-0.25, -0.2) is 0 Å². The zero-order chi connectivity index (χ0) is 17.1. The molecule has 0 aliphatic carbocycles. The van der Waals surface area contributed by atoms with Crippen molar-refractivity contribution in [3.63, 3.8) is 0 Å². The Labute approximate surface area is 144 Å². The Kier molecular flexibility index (Phi) is 4.62. The quantitative estimate of drug-likeness (QED) is 0.762. The molecule has 0 saturated carbocycles. The van der Waals surface area contributed by atoms with E-state index in [9.17, 15) is 4.79 Å². The van der Waals surface area contributed by atoms with Crippen molar-refractivity contribution in [2.24, 2.45) is 0 Å². The molecule has 0 aliphatic heterocycles. The summed E-state index contributed by atoms with van der Waals surface area (Å²) in [6, 6.07) is 12.8. The predicted molar refractivity (Wildman–Crippen MR) is 95.1 cm³/mol. The lowest BCUT2D eigenvalue weighted by molar-refractivity contribution is -0.116. The molecule has 124 valence electrons. The van der Waals surface area contributed by atoms with Gasteiger partial charge in [0.05, 0.1) is 19.9 Å². The SMILES string of the molecule is COc1ccc2c(ccn2CC(=O)Nc2cc(Cl)ccc2OC)c1. The smallest absolute Gasteiger partial charge is 0.244 e. The molecule has 0 spiro atoms. The van der Waals surface area contributed by atoms with Gasteiger partial charge in [0.1, 0.15) is 18.0 Å². The molecule has 1 N–H and O–H groups in total. The van der Waals surface area contributed by atoms with Crippen LogP contribution in [0.5, 0.6) is 11.5 Å². The molecule has 1 amide bonds. The molecule has 0 aliphatic rings. The Bertz CT molecular complexity index is 889. The lowest BCUT2D eigenvalue weighted by Crippen LogP contribution is -2.18. The van der Waals surface area contributed by atoms with Gasteiger partial charge in [-0.05, 0) is 42.5 Å². The van der Waals surface area contributed by atoms with Crippen LogP contribution in [0.1, 0.15) is 0 Å². The molecule has 5 nitrogen and oxygen atoms in total. The average molecular weight is 345 g/mol. The highest BCUT2D eigenvalue weighted by molar-refractivity contribution is 6.31. The molecule has 0 fully saturated rings. The molecule has 1 heterocycles. The maximum Gasteiger partial charge on any atom is 0.244 e. The maximum absolute atomic E-state index is 12.4. The number of methoxy groups -OCH3 is 2. The first-order chi connectivity index (χ1) is 11.6. The number of halogens is 1. The number of anilines is 1. The van der Waals surface area contributed by atoms with Gasteiger partial charge in [-0.1, -0.05) is 11.6 Å². The van der Waals surface area contributed by atoms with Crippen LogP contribution in [0.15, 0.2) is 48.7 Å². The Balaban J connectivity index is 1.79. The van der Waals surface area contributed by atoms with Gasteiger partial charge >= 0.3 is 0 Å². The van der Waals surface area contributed by atoms with Crippen LogP contribution in [0.4, 0.5) is 5.69 Å². The van der Waals surface area contributed by atoms with E-state index in [0.29, 0.717) is 16.5 Å². The van der Waals surface area contributed by atoms with Crippen molar-refractivity contribution < 1.29 is 14.3 Å². The molecule has 0 saturated heterocycles. The van der Waals surface area contributed by atoms with E-state index < -0.39 is 0 Å². The second kappa shape index (κ2) is 6.84. The number of amides is 1. The van der Waals surface area contributed by atoms with Crippen LogP contribution in [-0.2, 0) is 11.3 Å². The third-order valence-electron chi connectivity index (χ3n) is 3.73. The molecule has 24 heavy (non-hydrogen) atoms. The summed E-state index contributed by atoms with van der Waals surface area (Å²) in [5.74, 6) is 1.19. The van der Waals surface area contributed by atoms with Gasteiger partial charge < -0.3 is 19.4 Å². The molecule has 0 unspecified atom stereocenters. The molecule has 2 aromatic carbocycles. The summed E-state index contributed by atoms with van der Waals surface area (Å²) in [4.78, 5) is 12.4. The third-order valence-corrected chi connectivity index (χ3v) is 3.96. The van der Waals surface area contributed by atoms with Gasteiger partial charge in [-0.15, -0.1) is 0 Å². The van der Waals surface area contributed by atoms with E-state index in [2.05, 4.69) is 5.32 Å². The number of benzene rings is 2. The minimum atomic E-state index is -0.163. The summed E-state index contributed by atoms with van der Waals surface area (Å²) in [6.07, 6.45) is 1.87. The zero-order valence-corrected chi connectivity index (χ0v) is 14.1. The number of nitrogens with one attached hydrogen (secondary N) is 1. The fourth-order valence-corrected chi connectivity index (χ4v) is 2.74. The Hall–Kier alpha value is -2.66. The molecule has 0 bridgehead atoms. The minimum absolute atomic E-state index is 0.163. The average Bonchev–Trinajstić information content (AvgIpc) is 2.97. The molecule has 0 atom stereocenters. The molecule has 3 rings (SSSR count). The summed E-state index contributed by atoms with van der Waals surface area (Å²) >= 11 is 5.98. The highest BCUT2D eigenvalue weighted by atomic mass is 35.5. The van der Waals surface area contributed by atoms with Gasteiger partial charge in [0.15, 0.2) is 0 Å². The molecular formula is C18H17ClN2O3. The summed E-state index contributed by atoms with van der Waals surface area (Å²) in [7, 11) is 3.18. The fourth-order valence-electron chi connectivity index (χ4n) is 2.57. The molecule has 6 heteroatoms. The number of carbonyl (C=O) groups excluding carboxylic acids is 1. The normalized spacial score (nSPS) is 10.6. The number of fused-ring (bicyclic) bond motifs is 1. The number of rotatable bonds is 5. The van der Waals surface area contributed by atoms with Crippen molar-refractivity contribution in [1.82, 2.24) is 4.57 Å². The Morgan fingerprint density at radius 2 is 1.96 bits per heavy atom. The highest BCUT2D eigenvalue weighted by Crippen LogP contribution is 2.28. The van der Waals surface area contributed by atoms with Crippen molar-refractivity contribution in [3.8, 4) is 11.5 Å². The Morgan fingerprint density at radius 1 is 1.12 bits per heavy atom. The van der Waals surface area contributed by atoms with E-state index in [4.69, 9.17) is 21.1 Å². The number of ether oxygens (including phenoxy) is 2. The van der Waals surface area contributed by atoms with E-state index in [1.165, 1.54) is 0 Å². The standard InChI is InChI=1S/C18H17ClN2O3/c1-23-14-4-5-16-12(9-14)7-8-21(16)11-18(22)20-15-10-13(19)3-6-17(15)24-2/h3-10H,11H2,1-2H3,(H,20,22). The van der Waals surface area contributed by atoms with Crippen molar-refractivity contribution in [2.75, 3.05) is 19.5 Å². The van der Waals surface area contributed by atoms with Gasteiger partial charge in [-0.2, -0.15) is 0 Å². The summed E-state index contributed by atoms with van der Waals surface area (Å²) in [5, 5.41) is 4.38. The Morgan fingerprint density at radius 3 is 2.71 bits per heavy atom. The third kappa shape index (κ3) is 3.31.